The molecule has 118 valence electrons. The lowest BCUT2D eigenvalue weighted by atomic mass is 9.88. The van der Waals surface area contributed by atoms with Gasteiger partial charge in [-0.1, -0.05) is 32.9 Å². The van der Waals surface area contributed by atoms with E-state index in [4.69, 9.17) is 9.84 Å². The van der Waals surface area contributed by atoms with E-state index in [0.717, 1.165) is 31.4 Å². The maximum absolute atomic E-state index is 11.0. The van der Waals surface area contributed by atoms with Gasteiger partial charge in [0.05, 0.1) is 11.7 Å². The molecule has 0 radical (unpaired) electrons. The highest BCUT2D eigenvalue weighted by Crippen LogP contribution is 2.26. The van der Waals surface area contributed by atoms with Crippen LogP contribution in [-0.4, -0.2) is 17.7 Å². The molecule has 1 aliphatic carbocycles. The Kier molecular flexibility index (Phi) is 7.27. The van der Waals surface area contributed by atoms with Crippen molar-refractivity contribution < 1.29 is 14.6 Å². The quantitative estimate of drug-likeness (QED) is 0.659. The number of hydrogen-bond donors (Lipinski definition) is 1. The Morgan fingerprint density at radius 3 is 2.81 bits per heavy atom. The molecule has 3 nitrogen and oxygen atoms in total. The SMILES string of the molecule is CCC=C(C)COC1=CC(CC(C)C(C)C(=O)O)=CCC1. The third kappa shape index (κ3) is 6.19. The number of aliphatic carboxylic acids is 1. The van der Waals surface area contributed by atoms with Crippen LogP contribution in [0.3, 0.4) is 0 Å². The van der Waals surface area contributed by atoms with Crippen molar-refractivity contribution in [1.29, 1.82) is 0 Å². The fraction of sp³-hybridized carbons (Fsp3) is 0.611. The van der Waals surface area contributed by atoms with E-state index in [1.807, 2.05) is 6.92 Å². The molecule has 0 heterocycles. The van der Waals surface area contributed by atoms with E-state index in [2.05, 4.69) is 32.1 Å². The first-order chi connectivity index (χ1) is 9.93. The highest BCUT2D eigenvalue weighted by molar-refractivity contribution is 5.69. The van der Waals surface area contributed by atoms with E-state index in [1.165, 1.54) is 11.1 Å². The largest absolute Gasteiger partial charge is 0.494 e. The standard InChI is InChI=1S/C18H28O3/c1-5-7-13(2)12-21-17-9-6-8-16(11-17)10-14(3)15(4)18(19)20/h7-8,11,14-15H,5-6,9-10,12H2,1-4H3,(H,19,20). The first kappa shape index (κ1) is 17.5. The van der Waals surface area contributed by atoms with Gasteiger partial charge < -0.3 is 9.84 Å². The molecule has 1 aliphatic rings. The molecule has 1 N–H and O–H groups in total. The van der Waals surface area contributed by atoms with E-state index in [1.54, 1.807) is 6.92 Å². The lowest BCUT2D eigenvalue weighted by molar-refractivity contribution is -0.142. The number of carboxylic acids is 1. The second kappa shape index (κ2) is 8.71. The first-order valence-electron chi connectivity index (χ1n) is 7.84. The van der Waals surface area contributed by atoms with E-state index < -0.39 is 5.97 Å². The number of ether oxygens (including phenoxy) is 1. The summed E-state index contributed by atoms with van der Waals surface area (Å²) in [7, 11) is 0. The summed E-state index contributed by atoms with van der Waals surface area (Å²) in [6, 6.07) is 0. The molecule has 21 heavy (non-hydrogen) atoms. The number of rotatable bonds is 8. The predicted molar refractivity (Wildman–Crippen MR) is 86.0 cm³/mol. The Morgan fingerprint density at radius 1 is 1.48 bits per heavy atom. The molecule has 3 heteroatoms. The van der Waals surface area contributed by atoms with Crippen molar-refractivity contribution in [2.45, 2.75) is 53.4 Å². The third-order valence-corrected chi connectivity index (χ3v) is 3.98. The molecule has 0 aromatic heterocycles. The molecule has 0 fully saturated rings. The van der Waals surface area contributed by atoms with E-state index in [-0.39, 0.29) is 11.8 Å². The molecule has 2 atom stereocenters. The van der Waals surface area contributed by atoms with Crippen molar-refractivity contribution in [3.63, 3.8) is 0 Å². The van der Waals surface area contributed by atoms with Gasteiger partial charge in [-0.25, -0.2) is 0 Å². The first-order valence-corrected chi connectivity index (χ1v) is 7.84. The van der Waals surface area contributed by atoms with Crippen molar-refractivity contribution in [2.75, 3.05) is 6.61 Å². The van der Waals surface area contributed by atoms with Gasteiger partial charge in [0.25, 0.3) is 0 Å². The second-order valence-corrected chi connectivity index (χ2v) is 5.98. The highest BCUT2D eigenvalue weighted by Gasteiger charge is 2.20. The van der Waals surface area contributed by atoms with Crippen molar-refractivity contribution in [1.82, 2.24) is 0 Å². The minimum absolute atomic E-state index is 0.131. The Hall–Kier alpha value is -1.51. The molecule has 0 aromatic rings. The van der Waals surface area contributed by atoms with Gasteiger partial charge >= 0.3 is 5.97 Å². The number of carboxylic acid groups (broad SMARTS) is 1. The topological polar surface area (TPSA) is 46.5 Å². The smallest absolute Gasteiger partial charge is 0.306 e. The van der Waals surface area contributed by atoms with E-state index >= 15 is 0 Å². The van der Waals surface area contributed by atoms with Crippen molar-refractivity contribution in [3.8, 4) is 0 Å². The molecule has 0 aromatic carbocycles. The van der Waals surface area contributed by atoms with Crippen molar-refractivity contribution in [2.24, 2.45) is 11.8 Å². The normalized spacial score (nSPS) is 18.6. The molecule has 2 unspecified atom stereocenters. The molecule has 0 saturated heterocycles. The molecular formula is C18H28O3. The predicted octanol–water partition coefficient (Wildman–Crippen LogP) is 4.71. The van der Waals surface area contributed by atoms with Crippen LogP contribution < -0.4 is 0 Å². The maximum atomic E-state index is 11.0. The summed E-state index contributed by atoms with van der Waals surface area (Å²) in [5, 5.41) is 9.06. The van der Waals surface area contributed by atoms with Crippen LogP contribution in [0.25, 0.3) is 0 Å². The number of allylic oxidation sites excluding steroid dienone is 5. The maximum Gasteiger partial charge on any atom is 0.306 e. The van der Waals surface area contributed by atoms with Crippen LogP contribution in [0.15, 0.2) is 35.1 Å². The Bertz CT molecular complexity index is 443. The van der Waals surface area contributed by atoms with Gasteiger partial charge in [-0.2, -0.15) is 0 Å². The Morgan fingerprint density at radius 2 is 2.19 bits per heavy atom. The molecule has 0 spiro atoms. The molecule has 0 amide bonds. The van der Waals surface area contributed by atoms with Crippen LogP contribution in [0.5, 0.6) is 0 Å². The zero-order chi connectivity index (χ0) is 15.8. The highest BCUT2D eigenvalue weighted by atomic mass is 16.5. The lowest BCUT2D eigenvalue weighted by Gasteiger charge is -2.20. The zero-order valence-corrected chi connectivity index (χ0v) is 13.7. The van der Waals surface area contributed by atoms with Gasteiger partial charge in [-0.15, -0.1) is 0 Å². The number of hydrogen-bond acceptors (Lipinski definition) is 2. The van der Waals surface area contributed by atoms with Crippen LogP contribution >= 0.6 is 0 Å². The summed E-state index contributed by atoms with van der Waals surface area (Å²) in [6.07, 6.45) is 10.2. The minimum atomic E-state index is -0.723. The summed E-state index contributed by atoms with van der Waals surface area (Å²) >= 11 is 0. The van der Waals surface area contributed by atoms with Gasteiger partial charge in [0, 0.05) is 6.42 Å². The van der Waals surface area contributed by atoms with Crippen molar-refractivity contribution >= 4 is 5.97 Å². The molecule has 0 bridgehead atoms. The molecular weight excluding hydrogens is 264 g/mol. The zero-order valence-electron chi connectivity index (χ0n) is 13.7. The third-order valence-electron chi connectivity index (χ3n) is 3.98. The van der Waals surface area contributed by atoms with Gasteiger partial charge in [0.2, 0.25) is 0 Å². The van der Waals surface area contributed by atoms with Crippen LogP contribution in [0.1, 0.15) is 53.4 Å². The van der Waals surface area contributed by atoms with Gasteiger partial charge in [-0.3, -0.25) is 4.79 Å². The lowest BCUT2D eigenvalue weighted by Crippen LogP contribution is -2.18. The molecule has 0 saturated carbocycles. The Labute approximate surface area is 128 Å². The summed E-state index contributed by atoms with van der Waals surface area (Å²) < 4.78 is 5.85. The van der Waals surface area contributed by atoms with Gasteiger partial charge in [0.15, 0.2) is 0 Å². The van der Waals surface area contributed by atoms with E-state index in [9.17, 15) is 4.79 Å². The van der Waals surface area contributed by atoms with Crippen LogP contribution in [0, 0.1) is 11.8 Å². The van der Waals surface area contributed by atoms with E-state index in [0.29, 0.717) is 6.61 Å². The van der Waals surface area contributed by atoms with Crippen LogP contribution in [0.2, 0.25) is 0 Å². The van der Waals surface area contributed by atoms with Crippen LogP contribution in [0.4, 0.5) is 0 Å². The minimum Gasteiger partial charge on any atom is -0.494 e. The average Bonchev–Trinajstić information content (AvgIpc) is 2.45. The summed E-state index contributed by atoms with van der Waals surface area (Å²) in [4.78, 5) is 11.0. The summed E-state index contributed by atoms with van der Waals surface area (Å²) in [5.41, 5.74) is 2.45. The number of carbonyl (C=O) groups is 1. The molecule has 1 rings (SSSR count). The monoisotopic (exact) mass is 292 g/mol. The summed E-state index contributed by atoms with van der Waals surface area (Å²) in [5.74, 6) is 0.109. The van der Waals surface area contributed by atoms with Gasteiger partial charge in [-0.05, 0) is 49.3 Å². The Balaban J connectivity index is 2.55. The fourth-order valence-corrected chi connectivity index (χ4v) is 2.40. The fourth-order valence-electron chi connectivity index (χ4n) is 2.40. The second-order valence-electron chi connectivity index (χ2n) is 5.98. The summed E-state index contributed by atoms with van der Waals surface area (Å²) in [6.45, 7) is 8.62. The van der Waals surface area contributed by atoms with Gasteiger partial charge in [0.1, 0.15) is 6.61 Å². The average molecular weight is 292 g/mol. The van der Waals surface area contributed by atoms with Crippen LogP contribution in [-0.2, 0) is 9.53 Å². The molecule has 0 aliphatic heterocycles. The van der Waals surface area contributed by atoms with Crippen molar-refractivity contribution in [3.05, 3.63) is 35.1 Å².